The first-order valence-electron chi connectivity index (χ1n) is 10.7. The Bertz CT molecular complexity index is 1380. The topological polar surface area (TPSA) is 143 Å². The van der Waals surface area contributed by atoms with Gasteiger partial charge in [-0.3, -0.25) is 0 Å². The molecule has 0 atom stereocenters. The average molecular weight is 472 g/mol. The summed E-state index contributed by atoms with van der Waals surface area (Å²) in [4.78, 5) is 21.6. The molecule has 2 aromatic carbocycles. The average Bonchev–Trinajstić information content (AvgIpc) is 2.87. The van der Waals surface area contributed by atoms with E-state index in [2.05, 4.69) is 24.9 Å². The van der Waals surface area contributed by atoms with Crippen molar-refractivity contribution in [3.05, 3.63) is 78.2 Å². The SMILES string of the molecule is COc1ccc(C/C(N=C(N)N)=N\c2cc(OCc3ccc4ccccc4n3)ncn2)cc1OC. The standard InChI is InChI=1S/C25H25N7O3/c1-33-20-10-7-16(11-21(20)34-2)12-23(32-25(26)27)31-22-13-24(29-15-28-22)35-14-18-9-8-17-5-3-4-6-19(17)30-18/h3-11,13,15H,12,14H2,1-2H3,(H4,26,27,28,29,31,32). The first kappa shape index (κ1) is 23.4. The number of aliphatic imine (C=N–C) groups is 2. The van der Waals surface area contributed by atoms with Gasteiger partial charge in [0.25, 0.3) is 0 Å². The fraction of sp³-hybridized carbons (Fsp3) is 0.160. The lowest BCUT2D eigenvalue weighted by Crippen LogP contribution is -2.24. The highest BCUT2D eigenvalue weighted by Crippen LogP contribution is 2.28. The number of hydrogen-bond acceptors (Lipinski definition) is 7. The summed E-state index contributed by atoms with van der Waals surface area (Å²) in [6, 6.07) is 18.9. The Kier molecular flexibility index (Phi) is 7.31. The molecule has 0 bridgehead atoms. The van der Waals surface area contributed by atoms with Gasteiger partial charge in [-0.15, -0.1) is 0 Å². The monoisotopic (exact) mass is 471 g/mol. The third-order valence-corrected chi connectivity index (χ3v) is 4.96. The van der Waals surface area contributed by atoms with Crippen LogP contribution in [0.2, 0.25) is 0 Å². The summed E-state index contributed by atoms with van der Waals surface area (Å²) in [6.07, 6.45) is 1.70. The molecule has 0 saturated heterocycles. The van der Waals surface area contributed by atoms with Crippen LogP contribution < -0.4 is 25.7 Å². The summed E-state index contributed by atoms with van der Waals surface area (Å²) in [5.41, 5.74) is 13.8. The lowest BCUT2D eigenvalue weighted by molar-refractivity contribution is 0.289. The van der Waals surface area contributed by atoms with Gasteiger partial charge in [0.15, 0.2) is 23.3 Å². The molecule has 35 heavy (non-hydrogen) atoms. The van der Waals surface area contributed by atoms with Gasteiger partial charge in [-0.2, -0.15) is 4.99 Å². The van der Waals surface area contributed by atoms with E-state index in [4.69, 9.17) is 25.7 Å². The minimum atomic E-state index is -0.114. The van der Waals surface area contributed by atoms with E-state index >= 15 is 0 Å². The summed E-state index contributed by atoms with van der Waals surface area (Å²) in [6.45, 7) is 0.247. The minimum Gasteiger partial charge on any atom is -0.493 e. The van der Waals surface area contributed by atoms with Crippen molar-refractivity contribution in [1.29, 1.82) is 0 Å². The summed E-state index contributed by atoms with van der Waals surface area (Å²) >= 11 is 0. The smallest absolute Gasteiger partial charge is 0.218 e. The van der Waals surface area contributed by atoms with E-state index in [-0.39, 0.29) is 12.6 Å². The molecule has 4 N–H and O–H groups in total. The molecule has 0 aliphatic carbocycles. The fourth-order valence-corrected chi connectivity index (χ4v) is 3.36. The maximum absolute atomic E-state index is 5.82. The number of aromatic nitrogens is 3. The second-order valence-corrected chi connectivity index (χ2v) is 7.43. The number of rotatable bonds is 8. The van der Waals surface area contributed by atoms with Crippen LogP contribution in [0.1, 0.15) is 11.3 Å². The van der Waals surface area contributed by atoms with Gasteiger partial charge in [-0.1, -0.05) is 30.3 Å². The van der Waals surface area contributed by atoms with E-state index in [1.807, 2.05) is 48.5 Å². The number of fused-ring (bicyclic) bond motifs is 1. The fourth-order valence-electron chi connectivity index (χ4n) is 3.36. The Morgan fingerprint density at radius 1 is 0.914 bits per heavy atom. The molecule has 0 aliphatic rings. The Balaban J connectivity index is 1.52. The van der Waals surface area contributed by atoms with Gasteiger partial charge in [-0.05, 0) is 29.8 Å². The van der Waals surface area contributed by atoms with E-state index < -0.39 is 0 Å². The van der Waals surface area contributed by atoms with E-state index in [1.165, 1.54) is 6.33 Å². The van der Waals surface area contributed by atoms with Gasteiger partial charge in [0.05, 0.1) is 25.4 Å². The highest BCUT2D eigenvalue weighted by atomic mass is 16.5. The Morgan fingerprint density at radius 2 is 1.74 bits per heavy atom. The molecule has 4 aromatic rings. The van der Waals surface area contributed by atoms with E-state index in [0.717, 1.165) is 22.2 Å². The van der Waals surface area contributed by atoms with Crippen molar-refractivity contribution < 1.29 is 14.2 Å². The highest BCUT2D eigenvalue weighted by Gasteiger charge is 2.09. The lowest BCUT2D eigenvalue weighted by Gasteiger charge is -2.10. The van der Waals surface area contributed by atoms with E-state index in [9.17, 15) is 0 Å². The number of hydrogen-bond donors (Lipinski definition) is 2. The molecule has 0 unspecified atom stereocenters. The van der Waals surface area contributed by atoms with Crippen molar-refractivity contribution in [3.8, 4) is 17.4 Å². The van der Waals surface area contributed by atoms with Crippen molar-refractivity contribution in [2.24, 2.45) is 21.5 Å². The molecule has 0 saturated carbocycles. The lowest BCUT2D eigenvalue weighted by atomic mass is 10.1. The number of nitrogens with two attached hydrogens (primary N) is 2. The molecule has 4 rings (SSSR count). The van der Waals surface area contributed by atoms with Crippen LogP contribution in [0, 0.1) is 0 Å². The van der Waals surface area contributed by atoms with Crippen LogP contribution in [-0.2, 0) is 13.0 Å². The number of amidine groups is 1. The predicted molar refractivity (Wildman–Crippen MR) is 134 cm³/mol. The minimum absolute atomic E-state index is 0.114. The Morgan fingerprint density at radius 3 is 2.54 bits per heavy atom. The second kappa shape index (κ2) is 10.9. The molecule has 0 fully saturated rings. The number of benzene rings is 2. The van der Waals surface area contributed by atoms with Gasteiger partial charge in [0.2, 0.25) is 5.88 Å². The van der Waals surface area contributed by atoms with Gasteiger partial charge in [-0.25, -0.2) is 19.9 Å². The molecule has 10 heteroatoms. The molecular formula is C25H25N7O3. The van der Waals surface area contributed by atoms with Crippen LogP contribution in [0.4, 0.5) is 5.82 Å². The molecular weight excluding hydrogens is 446 g/mol. The molecule has 0 amide bonds. The Labute approximate surface area is 202 Å². The summed E-state index contributed by atoms with van der Waals surface area (Å²) in [7, 11) is 3.15. The van der Waals surface area contributed by atoms with E-state index in [0.29, 0.717) is 35.5 Å². The molecule has 178 valence electrons. The van der Waals surface area contributed by atoms with Crippen LogP contribution in [0.15, 0.2) is 77.0 Å². The van der Waals surface area contributed by atoms with Crippen LogP contribution in [0.25, 0.3) is 10.9 Å². The zero-order valence-electron chi connectivity index (χ0n) is 19.4. The normalized spacial score (nSPS) is 11.2. The predicted octanol–water partition coefficient (Wildman–Crippen LogP) is 3.17. The van der Waals surface area contributed by atoms with Gasteiger partial charge < -0.3 is 25.7 Å². The highest BCUT2D eigenvalue weighted by molar-refractivity contribution is 5.96. The third-order valence-electron chi connectivity index (χ3n) is 4.96. The van der Waals surface area contributed by atoms with Crippen LogP contribution in [0.3, 0.4) is 0 Å². The quantitative estimate of drug-likeness (QED) is 0.295. The Hall–Kier alpha value is -4.73. The van der Waals surface area contributed by atoms with Crippen LogP contribution >= 0.6 is 0 Å². The van der Waals surface area contributed by atoms with E-state index in [1.54, 1.807) is 26.4 Å². The van der Waals surface area contributed by atoms with Gasteiger partial charge in [0, 0.05) is 17.9 Å². The first-order chi connectivity index (χ1) is 17.0. The number of ether oxygens (including phenoxy) is 3. The van der Waals surface area contributed by atoms with Gasteiger partial charge >= 0.3 is 0 Å². The van der Waals surface area contributed by atoms with Crippen molar-refractivity contribution in [1.82, 2.24) is 15.0 Å². The third kappa shape index (κ3) is 6.20. The van der Waals surface area contributed by atoms with Crippen LogP contribution in [0.5, 0.6) is 17.4 Å². The summed E-state index contributed by atoms with van der Waals surface area (Å²) in [5, 5.41) is 1.07. The second-order valence-electron chi connectivity index (χ2n) is 7.43. The zero-order valence-corrected chi connectivity index (χ0v) is 19.4. The number of methoxy groups -OCH3 is 2. The number of pyridine rings is 1. The first-order valence-corrected chi connectivity index (χ1v) is 10.7. The maximum atomic E-state index is 5.82. The van der Waals surface area contributed by atoms with Crippen molar-refractivity contribution in [3.63, 3.8) is 0 Å². The molecule has 10 nitrogen and oxygen atoms in total. The molecule has 2 heterocycles. The zero-order chi connectivity index (χ0) is 24.6. The van der Waals surface area contributed by atoms with Crippen molar-refractivity contribution >= 4 is 28.5 Å². The molecule has 0 radical (unpaired) electrons. The van der Waals surface area contributed by atoms with Gasteiger partial charge in [0.1, 0.15) is 18.8 Å². The molecule has 0 aliphatic heterocycles. The molecule has 0 spiro atoms. The molecule has 2 aromatic heterocycles. The number of nitrogens with zero attached hydrogens (tertiary/aromatic N) is 5. The maximum Gasteiger partial charge on any atom is 0.218 e. The number of guanidine groups is 1. The van der Waals surface area contributed by atoms with Crippen molar-refractivity contribution in [2.75, 3.05) is 14.2 Å². The van der Waals surface area contributed by atoms with Crippen molar-refractivity contribution in [2.45, 2.75) is 13.0 Å². The summed E-state index contributed by atoms with van der Waals surface area (Å²) < 4.78 is 16.5. The largest absolute Gasteiger partial charge is 0.493 e. The van der Waals surface area contributed by atoms with Crippen LogP contribution in [-0.4, -0.2) is 41.0 Å². The summed E-state index contributed by atoms with van der Waals surface area (Å²) in [5.74, 6) is 2.16. The number of para-hydroxylation sites is 1.